The zero-order chi connectivity index (χ0) is 21.4. The molecule has 6 nitrogen and oxygen atoms in total. The summed E-state index contributed by atoms with van der Waals surface area (Å²) in [6.07, 6.45) is 4.21. The summed E-state index contributed by atoms with van der Waals surface area (Å²) in [6.45, 7) is 4.41. The van der Waals surface area contributed by atoms with E-state index in [9.17, 15) is 9.59 Å². The number of hydrogen-bond acceptors (Lipinski definition) is 5. The van der Waals surface area contributed by atoms with Crippen LogP contribution in [0.5, 0.6) is 0 Å². The van der Waals surface area contributed by atoms with Crippen molar-refractivity contribution in [1.82, 2.24) is 14.5 Å². The highest BCUT2D eigenvalue weighted by molar-refractivity contribution is 7.18. The van der Waals surface area contributed by atoms with Gasteiger partial charge in [-0.05, 0) is 70.3 Å². The number of carbonyl (C=O) groups is 1. The zero-order valence-corrected chi connectivity index (χ0v) is 18.9. The molecule has 0 atom stereocenters. The van der Waals surface area contributed by atoms with Gasteiger partial charge in [-0.2, -0.15) is 0 Å². The summed E-state index contributed by atoms with van der Waals surface area (Å²) in [7, 11) is 3.88. The standard InChI is InChI=1S/C23H28N4O2S/c1-14-8-7-9-15(2)21(14)25-19(28)13-27-18(12-26(3)4)24-22-20(23(27)29)16-10-5-6-11-17(16)30-22/h7-9H,5-6,10-13H2,1-4H3,(H,25,28). The average Bonchev–Trinajstić information content (AvgIpc) is 3.06. The van der Waals surface area contributed by atoms with Gasteiger partial charge in [-0.1, -0.05) is 18.2 Å². The third kappa shape index (κ3) is 3.91. The van der Waals surface area contributed by atoms with Crippen molar-refractivity contribution in [3.05, 3.63) is 55.9 Å². The molecule has 158 valence electrons. The lowest BCUT2D eigenvalue weighted by molar-refractivity contribution is -0.116. The minimum Gasteiger partial charge on any atom is -0.324 e. The van der Waals surface area contributed by atoms with Crippen LogP contribution in [0.3, 0.4) is 0 Å². The van der Waals surface area contributed by atoms with E-state index in [-0.39, 0.29) is 18.0 Å². The van der Waals surface area contributed by atoms with Gasteiger partial charge in [0.2, 0.25) is 5.91 Å². The fourth-order valence-corrected chi connectivity index (χ4v) is 5.45. The van der Waals surface area contributed by atoms with Crippen molar-refractivity contribution in [3.63, 3.8) is 0 Å². The lowest BCUT2D eigenvalue weighted by Crippen LogP contribution is -2.33. The maximum Gasteiger partial charge on any atom is 0.263 e. The fourth-order valence-electron chi connectivity index (χ4n) is 4.18. The highest BCUT2D eigenvalue weighted by Gasteiger charge is 2.23. The number of rotatable bonds is 5. The summed E-state index contributed by atoms with van der Waals surface area (Å²) in [4.78, 5) is 35.4. The van der Waals surface area contributed by atoms with Gasteiger partial charge < -0.3 is 10.2 Å². The van der Waals surface area contributed by atoms with Crippen molar-refractivity contribution >= 4 is 33.1 Å². The molecule has 0 saturated carbocycles. The molecule has 2 aromatic heterocycles. The van der Waals surface area contributed by atoms with Gasteiger partial charge in [0.05, 0.1) is 11.9 Å². The lowest BCUT2D eigenvalue weighted by Gasteiger charge is -2.17. The molecule has 0 aliphatic heterocycles. The Morgan fingerprint density at radius 1 is 1.20 bits per heavy atom. The summed E-state index contributed by atoms with van der Waals surface area (Å²) in [5.41, 5.74) is 3.88. The number of nitrogens with one attached hydrogen (secondary N) is 1. The molecule has 1 aromatic carbocycles. The molecule has 1 aliphatic rings. The normalized spacial score (nSPS) is 13.6. The van der Waals surface area contributed by atoms with Gasteiger partial charge in [0.25, 0.3) is 5.56 Å². The van der Waals surface area contributed by atoms with Crippen LogP contribution < -0.4 is 10.9 Å². The molecule has 30 heavy (non-hydrogen) atoms. The van der Waals surface area contributed by atoms with E-state index < -0.39 is 0 Å². The molecule has 0 spiro atoms. The second kappa shape index (κ2) is 8.32. The highest BCUT2D eigenvalue weighted by Crippen LogP contribution is 2.33. The van der Waals surface area contributed by atoms with Crippen LogP contribution in [0.4, 0.5) is 5.69 Å². The molecule has 3 aromatic rings. The van der Waals surface area contributed by atoms with Crippen LogP contribution in [0.25, 0.3) is 10.2 Å². The Bertz CT molecular complexity index is 1160. The Morgan fingerprint density at radius 3 is 2.60 bits per heavy atom. The summed E-state index contributed by atoms with van der Waals surface area (Å²) >= 11 is 1.65. The van der Waals surface area contributed by atoms with E-state index in [1.165, 1.54) is 4.88 Å². The molecule has 0 saturated heterocycles. The topological polar surface area (TPSA) is 67.2 Å². The summed E-state index contributed by atoms with van der Waals surface area (Å²) in [5.74, 6) is 0.424. The number of hydrogen-bond donors (Lipinski definition) is 1. The SMILES string of the molecule is Cc1cccc(C)c1NC(=O)Cn1c(CN(C)C)nc2sc3c(c2c1=O)CCCC3. The number of para-hydroxylation sites is 1. The minimum atomic E-state index is -0.209. The first-order chi connectivity index (χ1) is 14.3. The molecule has 1 amide bonds. The maximum absolute atomic E-state index is 13.5. The second-order valence-corrected chi connectivity index (χ2v) is 9.45. The number of fused-ring (bicyclic) bond motifs is 3. The van der Waals surface area contributed by atoms with Crippen LogP contribution in [-0.2, 0) is 30.7 Å². The Balaban J connectivity index is 1.75. The predicted molar refractivity (Wildman–Crippen MR) is 122 cm³/mol. The third-order valence-corrected chi connectivity index (χ3v) is 6.84. The second-order valence-electron chi connectivity index (χ2n) is 8.36. The number of amides is 1. The van der Waals surface area contributed by atoms with Crippen LogP contribution in [0, 0.1) is 13.8 Å². The van der Waals surface area contributed by atoms with Gasteiger partial charge >= 0.3 is 0 Å². The van der Waals surface area contributed by atoms with E-state index in [2.05, 4.69) is 5.32 Å². The van der Waals surface area contributed by atoms with E-state index in [1.807, 2.05) is 51.0 Å². The zero-order valence-electron chi connectivity index (χ0n) is 18.0. The minimum absolute atomic E-state index is 0.0384. The Hall–Kier alpha value is -2.51. The number of thiophene rings is 1. The van der Waals surface area contributed by atoms with Gasteiger partial charge in [-0.25, -0.2) is 4.98 Å². The number of nitrogens with zero attached hydrogens (tertiary/aromatic N) is 3. The number of carbonyl (C=O) groups excluding carboxylic acids is 1. The highest BCUT2D eigenvalue weighted by atomic mass is 32.1. The molecule has 1 aliphatic carbocycles. The first kappa shape index (κ1) is 20.8. The van der Waals surface area contributed by atoms with Gasteiger partial charge in [0, 0.05) is 10.6 Å². The van der Waals surface area contributed by atoms with Gasteiger partial charge in [-0.3, -0.25) is 14.2 Å². The van der Waals surface area contributed by atoms with Gasteiger partial charge in [-0.15, -0.1) is 11.3 Å². The molecule has 0 radical (unpaired) electrons. The lowest BCUT2D eigenvalue weighted by atomic mass is 9.97. The molecule has 2 heterocycles. The first-order valence-electron chi connectivity index (χ1n) is 10.4. The van der Waals surface area contributed by atoms with E-state index in [1.54, 1.807) is 15.9 Å². The fraction of sp³-hybridized carbons (Fsp3) is 0.435. The van der Waals surface area contributed by atoms with Crippen molar-refractivity contribution in [1.29, 1.82) is 0 Å². The number of aromatic nitrogens is 2. The van der Waals surface area contributed by atoms with Crippen LogP contribution >= 0.6 is 11.3 Å². The molecular formula is C23H28N4O2S. The largest absolute Gasteiger partial charge is 0.324 e. The third-order valence-electron chi connectivity index (χ3n) is 5.66. The van der Waals surface area contributed by atoms with Crippen LogP contribution in [0.1, 0.15) is 40.2 Å². The van der Waals surface area contributed by atoms with E-state index in [4.69, 9.17) is 4.98 Å². The average molecular weight is 425 g/mol. The maximum atomic E-state index is 13.5. The number of aryl methyl sites for hydroxylation is 4. The van der Waals surface area contributed by atoms with E-state index in [0.29, 0.717) is 12.4 Å². The molecular weight excluding hydrogens is 396 g/mol. The van der Waals surface area contributed by atoms with Crippen molar-refractivity contribution in [2.24, 2.45) is 0 Å². The summed E-state index contributed by atoms with van der Waals surface area (Å²) in [5, 5.41) is 3.72. The molecule has 0 fully saturated rings. The van der Waals surface area contributed by atoms with Crippen LogP contribution in [0.15, 0.2) is 23.0 Å². The van der Waals surface area contributed by atoms with Crippen molar-refractivity contribution in [2.45, 2.75) is 52.6 Å². The molecule has 0 unspecified atom stereocenters. The summed E-state index contributed by atoms with van der Waals surface area (Å²) in [6, 6.07) is 5.91. The van der Waals surface area contributed by atoms with E-state index in [0.717, 1.165) is 58.3 Å². The molecule has 7 heteroatoms. The predicted octanol–water partition coefficient (Wildman–Crippen LogP) is 3.65. The Kier molecular flexibility index (Phi) is 5.75. The Labute approximate surface area is 180 Å². The molecule has 1 N–H and O–H groups in total. The number of anilines is 1. The van der Waals surface area contributed by atoms with Gasteiger partial charge in [0.15, 0.2) is 0 Å². The quantitative estimate of drug-likeness (QED) is 0.679. The summed E-state index contributed by atoms with van der Waals surface area (Å²) < 4.78 is 1.56. The smallest absolute Gasteiger partial charge is 0.263 e. The van der Waals surface area contributed by atoms with Gasteiger partial charge in [0.1, 0.15) is 17.2 Å². The molecule has 0 bridgehead atoms. The monoisotopic (exact) mass is 424 g/mol. The van der Waals surface area contributed by atoms with Crippen LogP contribution in [-0.4, -0.2) is 34.5 Å². The Morgan fingerprint density at radius 2 is 1.90 bits per heavy atom. The van der Waals surface area contributed by atoms with Crippen molar-refractivity contribution in [2.75, 3.05) is 19.4 Å². The van der Waals surface area contributed by atoms with Crippen molar-refractivity contribution in [3.8, 4) is 0 Å². The van der Waals surface area contributed by atoms with Crippen molar-refractivity contribution < 1.29 is 4.79 Å². The van der Waals surface area contributed by atoms with Crippen LogP contribution in [0.2, 0.25) is 0 Å². The first-order valence-corrected chi connectivity index (χ1v) is 11.2. The number of benzene rings is 1. The van der Waals surface area contributed by atoms with E-state index >= 15 is 0 Å². The molecule has 4 rings (SSSR count).